The van der Waals surface area contributed by atoms with Crippen LogP contribution in [-0.2, 0) is 12.8 Å². The van der Waals surface area contributed by atoms with Crippen LogP contribution in [0, 0.1) is 13.8 Å². The van der Waals surface area contributed by atoms with E-state index < -0.39 is 0 Å². The van der Waals surface area contributed by atoms with Gasteiger partial charge in [-0.3, -0.25) is 9.98 Å². The average Bonchev–Trinajstić information content (AvgIpc) is 2.89. The Hall–Kier alpha value is -4.58. The molecule has 0 radical (unpaired) electrons. The molecule has 0 aliphatic rings. The van der Waals surface area contributed by atoms with Gasteiger partial charge in [-0.15, -0.1) is 0 Å². The first kappa shape index (κ1) is 28.0. The van der Waals surface area contributed by atoms with Gasteiger partial charge in [-0.2, -0.15) is 0 Å². The molecule has 0 fully saturated rings. The normalized spacial score (nSPS) is 11.0. The van der Waals surface area contributed by atoms with E-state index in [1.54, 1.807) is 48.8 Å². The van der Waals surface area contributed by atoms with Crippen LogP contribution < -0.4 is 0 Å². The lowest BCUT2D eigenvalue weighted by molar-refractivity contribution is 0.473. The molecular weight excluding hydrogens is 476 g/mol. The van der Waals surface area contributed by atoms with Gasteiger partial charge in [0, 0.05) is 36.6 Å². The predicted molar refractivity (Wildman–Crippen MR) is 154 cm³/mol. The van der Waals surface area contributed by atoms with Crippen molar-refractivity contribution in [2.24, 2.45) is 9.98 Å². The summed E-state index contributed by atoms with van der Waals surface area (Å²) in [5.74, 6) is 1.07. The summed E-state index contributed by atoms with van der Waals surface area (Å²) in [6, 6.07) is 25.3. The fourth-order valence-corrected chi connectivity index (χ4v) is 3.56. The van der Waals surface area contributed by atoms with E-state index in [2.05, 4.69) is 9.98 Å². The van der Waals surface area contributed by atoms with Crippen LogP contribution in [-0.4, -0.2) is 45.9 Å². The van der Waals surface area contributed by atoms with Crippen molar-refractivity contribution in [3.8, 4) is 23.0 Å². The van der Waals surface area contributed by atoms with E-state index in [9.17, 15) is 20.4 Å². The molecule has 4 N–H and O–H groups in total. The third-order valence-electron chi connectivity index (χ3n) is 5.76. The highest BCUT2D eigenvalue weighted by molar-refractivity contribution is 5.84. The molecule has 0 aliphatic carbocycles. The Labute approximate surface area is 223 Å². The minimum Gasteiger partial charge on any atom is -0.508 e. The number of aryl methyl sites for hydroxylation is 2. The highest BCUT2D eigenvalue weighted by Crippen LogP contribution is 2.17. The molecule has 196 valence electrons. The molecular formula is C32H34N2O4. The number of rotatable bonds is 8. The molecule has 4 rings (SSSR count). The van der Waals surface area contributed by atoms with Crippen molar-refractivity contribution >= 4 is 12.4 Å². The van der Waals surface area contributed by atoms with Gasteiger partial charge in [0.25, 0.3) is 0 Å². The van der Waals surface area contributed by atoms with Crippen molar-refractivity contribution < 1.29 is 20.4 Å². The Balaban J connectivity index is 0.000000211. The molecule has 6 nitrogen and oxygen atoms in total. The second kappa shape index (κ2) is 14.2. The topological polar surface area (TPSA) is 106 Å². The van der Waals surface area contributed by atoms with E-state index in [1.807, 2.05) is 62.4 Å². The van der Waals surface area contributed by atoms with Crippen LogP contribution >= 0.6 is 0 Å². The molecule has 0 unspecified atom stereocenters. The molecule has 0 saturated carbocycles. The SMILES string of the molecule is Cc1ccc(C=NCCc2ccc(O)cc2)c(O)c1.Cc1ccc(C=NCCc2ccc(O)cc2)c(O)c1. The summed E-state index contributed by atoms with van der Waals surface area (Å²) in [7, 11) is 0. The number of benzene rings is 4. The van der Waals surface area contributed by atoms with Gasteiger partial charge in [-0.1, -0.05) is 36.4 Å². The molecule has 0 amide bonds. The van der Waals surface area contributed by atoms with Crippen LogP contribution in [0.1, 0.15) is 33.4 Å². The van der Waals surface area contributed by atoms with Gasteiger partial charge < -0.3 is 20.4 Å². The van der Waals surface area contributed by atoms with E-state index in [-0.39, 0.29) is 23.0 Å². The van der Waals surface area contributed by atoms with E-state index in [4.69, 9.17) is 0 Å². The molecule has 0 atom stereocenters. The summed E-state index contributed by atoms with van der Waals surface area (Å²) in [6.07, 6.45) is 5.00. The summed E-state index contributed by atoms with van der Waals surface area (Å²) in [5, 5.41) is 37.8. The fourth-order valence-electron chi connectivity index (χ4n) is 3.56. The molecule has 0 spiro atoms. The van der Waals surface area contributed by atoms with E-state index in [0.717, 1.165) is 46.2 Å². The number of phenols is 4. The second-order valence-electron chi connectivity index (χ2n) is 9.03. The molecule has 4 aromatic rings. The Bertz CT molecular complexity index is 1250. The van der Waals surface area contributed by atoms with Gasteiger partial charge in [-0.25, -0.2) is 0 Å². The summed E-state index contributed by atoms with van der Waals surface area (Å²) in [4.78, 5) is 8.60. The molecule has 6 heteroatoms. The lowest BCUT2D eigenvalue weighted by atomic mass is 10.1. The van der Waals surface area contributed by atoms with E-state index in [1.165, 1.54) is 0 Å². The summed E-state index contributed by atoms with van der Waals surface area (Å²) in [5.41, 5.74) is 5.77. The molecule has 0 aromatic heterocycles. The minimum absolute atomic E-state index is 0.258. The molecule has 0 saturated heterocycles. The Morgan fingerprint density at radius 3 is 1.24 bits per heavy atom. The Morgan fingerprint density at radius 2 is 0.895 bits per heavy atom. The van der Waals surface area contributed by atoms with Crippen LogP contribution in [0.25, 0.3) is 0 Å². The quantitative estimate of drug-likeness (QED) is 0.214. The van der Waals surface area contributed by atoms with Crippen molar-refractivity contribution in [2.45, 2.75) is 26.7 Å². The molecule has 4 aromatic carbocycles. The maximum absolute atomic E-state index is 9.72. The van der Waals surface area contributed by atoms with Crippen molar-refractivity contribution in [2.75, 3.05) is 13.1 Å². The van der Waals surface area contributed by atoms with Crippen LogP contribution in [0.15, 0.2) is 94.9 Å². The third kappa shape index (κ3) is 9.47. The molecule has 38 heavy (non-hydrogen) atoms. The number of nitrogens with zero attached hydrogens (tertiary/aromatic N) is 2. The first-order valence-electron chi connectivity index (χ1n) is 12.4. The van der Waals surface area contributed by atoms with Gasteiger partial charge in [0.15, 0.2) is 0 Å². The van der Waals surface area contributed by atoms with Gasteiger partial charge in [-0.05, 0) is 97.5 Å². The fraction of sp³-hybridized carbons (Fsp3) is 0.188. The zero-order chi connectivity index (χ0) is 27.3. The minimum atomic E-state index is 0.258. The van der Waals surface area contributed by atoms with Crippen LogP contribution in [0.4, 0.5) is 0 Å². The van der Waals surface area contributed by atoms with Crippen LogP contribution in [0.2, 0.25) is 0 Å². The van der Waals surface area contributed by atoms with E-state index in [0.29, 0.717) is 13.1 Å². The smallest absolute Gasteiger partial charge is 0.124 e. The van der Waals surface area contributed by atoms with E-state index >= 15 is 0 Å². The van der Waals surface area contributed by atoms with Crippen LogP contribution in [0.5, 0.6) is 23.0 Å². The average molecular weight is 511 g/mol. The summed E-state index contributed by atoms with van der Waals surface area (Å²) in [6.45, 7) is 5.17. The number of phenolic OH excluding ortho intramolecular Hbond substituents is 4. The molecule has 0 aliphatic heterocycles. The van der Waals surface area contributed by atoms with Crippen LogP contribution in [0.3, 0.4) is 0 Å². The maximum atomic E-state index is 9.72. The highest BCUT2D eigenvalue weighted by atomic mass is 16.3. The second-order valence-corrected chi connectivity index (χ2v) is 9.03. The first-order chi connectivity index (χ1) is 18.3. The van der Waals surface area contributed by atoms with Crippen molar-refractivity contribution in [3.05, 3.63) is 118 Å². The summed E-state index contributed by atoms with van der Waals surface area (Å²) < 4.78 is 0. The monoisotopic (exact) mass is 510 g/mol. The van der Waals surface area contributed by atoms with Gasteiger partial charge >= 0.3 is 0 Å². The lowest BCUT2D eigenvalue weighted by Crippen LogP contribution is -1.91. The lowest BCUT2D eigenvalue weighted by Gasteiger charge is -2.00. The third-order valence-corrected chi connectivity index (χ3v) is 5.76. The van der Waals surface area contributed by atoms with Crippen molar-refractivity contribution in [1.29, 1.82) is 0 Å². The largest absolute Gasteiger partial charge is 0.508 e. The van der Waals surface area contributed by atoms with Crippen molar-refractivity contribution in [1.82, 2.24) is 0 Å². The molecule has 0 heterocycles. The van der Waals surface area contributed by atoms with Gasteiger partial charge in [0.05, 0.1) is 0 Å². The predicted octanol–water partition coefficient (Wildman–Crippen LogP) is 6.14. The van der Waals surface area contributed by atoms with Gasteiger partial charge in [0.2, 0.25) is 0 Å². The van der Waals surface area contributed by atoms with Crippen molar-refractivity contribution in [3.63, 3.8) is 0 Å². The molecule has 0 bridgehead atoms. The van der Waals surface area contributed by atoms with Gasteiger partial charge in [0.1, 0.15) is 23.0 Å². The highest BCUT2D eigenvalue weighted by Gasteiger charge is 1.99. The number of aromatic hydroxyl groups is 4. The zero-order valence-electron chi connectivity index (χ0n) is 21.7. The Morgan fingerprint density at radius 1 is 0.526 bits per heavy atom. The number of aliphatic imine (C=N–C) groups is 2. The Kier molecular flexibility index (Phi) is 10.5. The number of hydrogen-bond donors (Lipinski definition) is 4. The zero-order valence-corrected chi connectivity index (χ0v) is 21.7. The number of hydrogen-bond acceptors (Lipinski definition) is 6. The first-order valence-corrected chi connectivity index (χ1v) is 12.4. The standard InChI is InChI=1S/2C16H17NO2/c2*1-12-2-5-14(16(19)10-12)11-17-9-8-13-3-6-15(18)7-4-13/h2*2-7,10-11,18-19H,8-9H2,1H3. The summed E-state index contributed by atoms with van der Waals surface area (Å²) >= 11 is 0. The maximum Gasteiger partial charge on any atom is 0.124 e.